The Labute approximate surface area is 185 Å². The maximum Gasteiger partial charge on any atom is 0.217 e. The van der Waals surface area contributed by atoms with E-state index in [0.29, 0.717) is 11.8 Å². The van der Waals surface area contributed by atoms with E-state index in [9.17, 15) is 4.79 Å². The Hall–Kier alpha value is -2.18. The Kier molecular flexibility index (Phi) is 6.10. The Morgan fingerprint density at radius 1 is 1.13 bits per heavy atom. The van der Waals surface area contributed by atoms with Crippen molar-refractivity contribution in [3.05, 3.63) is 54.1 Å². The van der Waals surface area contributed by atoms with E-state index in [1.165, 1.54) is 18.4 Å². The summed E-state index contributed by atoms with van der Waals surface area (Å²) >= 11 is 0. The predicted octanol–water partition coefficient (Wildman–Crippen LogP) is 3.07. The average Bonchev–Trinajstić information content (AvgIpc) is 3.36. The van der Waals surface area contributed by atoms with Crippen LogP contribution in [0.4, 0.5) is 0 Å². The molecule has 0 bridgehead atoms. The van der Waals surface area contributed by atoms with Gasteiger partial charge in [-0.3, -0.25) is 9.69 Å². The number of carbonyl (C=O) groups is 1. The molecule has 2 aromatic rings. The molecule has 6 nitrogen and oxygen atoms in total. The number of ether oxygens (including phenoxy) is 1. The number of likely N-dealkylation sites (tertiary alicyclic amines) is 1. The van der Waals surface area contributed by atoms with Crippen LogP contribution in [0, 0.1) is 17.8 Å². The van der Waals surface area contributed by atoms with Gasteiger partial charge in [0, 0.05) is 45.6 Å². The van der Waals surface area contributed by atoms with Gasteiger partial charge in [0.25, 0.3) is 0 Å². The molecule has 5 rings (SSSR count). The highest BCUT2D eigenvalue weighted by Crippen LogP contribution is 2.39. The van der Waals surface area contributed by atoms with Crippen LogP contribution in [0.2, 0.25) is 0 Å². The van der Waals surface area contributed by atoms with Crippen LogP contribution in [0.15, 0.2) is 42.7 Å². The smallest absolute Gasteiger partial charge is 0.217 e. The summed E-state index contributed by atoms with van der Waals surface area (Å²) in [4.78, 5) is 19.0. The number of hydrogen-bond donors (Lipinski definition) is 1. The van der Waals surface area contributed by atoms with Gasteiger partial charge in [-0.15, -0.1) is 0 Å². The highest BCUT2D eigenvalue weighted by Gasteiger charge is 2.43. The summed E-state index contributed by atoms with van der Waals surface area (Å²) in [7, 11) is 0. The minimum Gasteiger partial charge on any atom is -0.376 e. The number of nitrogens with zero attached hydrogens (tertiary/aromatic N) is 3. The van der Waals surface area contributed by atoms with Gasteiger partial charge in [0.15, 0.2) is 0 Å². The molecule has 0 unspecified atom stereocenters. The Bertz CT molecular complexity index is 879. The highest BCUT2D eigenvalue weighted by molar-refractivity contribution is 5.73. The zero-order chi connectivity index (χ0) is 21.2. The summed E-state index contributed by atoms with van der Waals surface area (Å²) in [5, 5.41) is 3.19. The third kappa shape index (κ3) is 5.18. The van der Waals surface area contributed by atoms with Gasteiger partial charge in [0.05, 0.1) is 18.7 Å². The second kappa shape index (κ2) is 9.13. The van der Waals surface area contributed by atoms with Gasteiger partial charge in [0.2, 0.25) is 5.91 Å². The minimum atomic E-state index is 0.0567. The first-order chi connectivity index (χ1) is 15.1. The minimum absolute atomic E-state index is 0.0567. The number of carbonyl (C=O) groups excluding carboxylic acids is 1. The molecule has 2 saturated carbocycles. The first-order valence-electron chi connectivity index (χ1n) is 11.8. The van der Waals surface area contributed by atoms with Crippen molar-refractivity contribution in [1.29, 1.82) is 0 Å². The van der Waals surface area contributed by atoms with E-state index in [2.05, 4.69) is 56.3 Å². The predicted molar refractivity (Wildman–Crippen MR) is 119 cm³/mol. The van der Waals surface area contributed by atoms with Crippen molar-refractivity contribution in [3.63, 3.8) is 0 Å². The van der Waals surface area contributed by atoms with Crippen LogP contribution in [0.1, 0.15) is 44.0 Å². The summed E-state index contributed by atoms with van der Waals surface area (Å²) < 4.78 is 8.57. The molecule has 1 aromatic heterocycles. The van der Waals surface area contributed by atoms with E-state index >= 15 is 0 Å². The van der Waals surface area contributed by atoms with Crippen molar-refractivity contribution in [2.24, 2.45) is 17.8 Å². The zero-order valence-electron chi connectivity index (χ0n) is 18.5. The fourth-order valence-electron chi connectivity index (χ4n) is 5.40. The maximum absolute atomic E-state index is 11.8. The molecule has 1 N–H and O–H groups in total. The molecule has 1 amide bonds. The number of aromatic nitrogens is 2. The van der Waals surface area contributed by atoms with E-state index in [4.69, 9.17) is 4.74 Å². The molecular formula is C25H34N4O2. The van der Waals surface area contributed by atoms with Gasteiger partial charge in [0.1, 0.15) is 5.82 Å². The number of nitrogens with one attached hydrogen (secondary N) is 1. The standard InChI is InChI=1S/C25H34N4O2/c1-18(30)27-23-11-21-14-28(15-22(21)12-24(23)31-17-20-7-8-20)16-25-26-9-10-29(25)13-19-5-3-2-4-6-19/h2-6,9-10,20-24H,7-8,11-17H2,1H3,(H,27,30)/t21-,22+,23-,24-/m1/s1. The lowest BCUT2D eigenvalue weighted by molar-refractivity contribution is -0.122. The molecule has 3 aliphatic rings. The molecule has 2 heterocycles. The Balaban J connectivity index is 1.21. The third-order valence-corrected chi connectivity index (χ3v) is 7.19. The molecule has 1 aliphatic heterocycles. The van der Waals surface area contributed by atoms with Gasteiger partial charge in [-0.05, 0) is 49.0 Å². The molecule has 6 heteroatoms. The van der Waals surface area contributed by atoms with Gasteiger partial charge in [-0.2, -0.15) is 0 Å². The summed E-state index contributed by atoms with van der Waals surface area (Å²) in [6, 6.07) is 10.7. The number of hydrogen-bond acceptors (Lipinski definition) is 4. The molecule has 1 saturated heterocycles. The quantitative estimate of drug-likeness (QED) is 0.710. The van der Waals surface area contributed by atoms with Crippen molar-refractivity contribution in [2.75, 3.05) is 19.7 Å². The van der Waals surface area contributed by atoms with Gasteiger partial charge in [-0.1, -0.05) is 30.3 Å². The lowest BCUT2D eigenvalue weighted by atomic mass is 9.77. The second-order valence-corrected chi connectivity index (χ2v) is 9.76. The molecule has 1 aromatic carbocycles. The van der Waals surface area contributed by atoms with Crippen molar-refractivity contribution >= 4 is 5.91 Å². The number of benzene rings is 1. The molecule has 2 aliphatic carbocycles. The average molecular weight is 423 g/mol. The topological polar surface area (TPSA) is 59.4 Å². The van der Waals surface area contributed by atoms with Gasteiger partial charge in [-0.25, -0.2) is 4.98 Å². The van der Waals surface area contributed by atoms with Gasteiger partial charge < -0.3 is 14.6 Å². The van der Waals surface area contributed by atoms with E-state index in [1.807, 2.05) is 6.20 Å². The van der Waals surface area contributed by atoms with Crippen molar-refractivity contribution in [3.8, 4) is 0 Å². The van der Waals surface area contributed by atoms with E-state index < -0.39 is 0 Å². The first kappa shape index (κ1) is 20.7. The molecule has 0 spiro atoms. The third-order valence-electron chi connectivity index (χ3n) is 7.19. The summed E-state index contributed by atoms with van der Waals surface area (Å²) in [6.07, 6.45) is 8.83. The zero-order valence-corrected chi connectivity index (χ0v) is 18.5. The van der Waals surface area contributed by atoms with Crippen LogP contribution in [0.5, 0.6) is 0 Å². The van der Waals surface area contributed by atoms with Gasteiger partial charge >= 0.3 is 0 Å². The van der Waals surface area contributed by atoms with Crippen LogP contribution in [-0.2, 0) is 22.6 Å². The van der Waals surface area contributed by atoms with Crippen molar-refractivity contribution in [2.45, 2.75) is 57.8 Å². The maximum atomic E-state index is 11.8. The van der Waals surface area contributed by atoms with Crippen LogP contribution < -0.4 is 5.32 Å². The largest absolute Gasteiger partial charge is 0.376 e. The number of fused-ring (bicyclic) bond motifs is 1. The first-order valence-corrected chi connectivity index (χ1v) is 11.8. The molecule has 3 fully saturated rings. The van der Waals surface area contributed by atoms with Crippen molar-refractivity contribution < 1.29 is 9.53 Å². The summed E-state index contributed by atoms with van der Waals surface area (Å²) in [6.45, 7) is 6.40. The monoisotopic (exact) mass is 422 g/mol. The van der Waals surface area contributed by atoms with Crippen LogP contribution in [-0.4, -0.2) is 52.2 Å². The number of imidazole rings is 1. The van der Waals surface area contributed by atoms with Crippen molar-refractivity contribution in [1.82, 2.24) is 19.8 Å². The van der Waals surface area contributed by atoms with E-state index in [-0.39, 0.29) is 18.1 Å². The number of rotatable bonds is 8. The lowest BCUT2D eigenvalue weighted by Gasteiger charge is -2.38. The molecule has 31 heavy (non-hydrogen) atoms. The normalized spacial score (nSPS) is 28.4. The van der Waals surface area contributed by atoms with E-state index in [0.717, 1.165) is 57.4 Å². The molecule has 0 radical (unpaired) electrons. The van der Waals surface area contributed by atoms with E-state index in [1.54, 1.807) is 6.92 Å². The number of amides is 1. The highest BCUT2D eigenvalue weighted by atomic mass is 16.5. The van der Waals surface area contributed by atoms with Crippen LogP contribution >= 0.6 is 0 Å². The lowest BCUT2D eigenvalue weighted by Crippen LogP contribution is -2.50. The van der Waals surface area contributed by atoms with Crippen LogP contribution in [0.25, 0.3) is 0 Å². The van der Waals surface area contributed by atoms with Crippen LogP contribution in [0.3, 0.4) is 0 Å². The molecule has 4 atom stereocenters. The fourth-order valence-corrected chi connectivity index (χ4v) is 5.40. The Morgan fingerprint density at radius 3 is 2.65 bits per heavy atom. The second-order valence-electron chi connectivity index (χ2n) is 9.76. The SMILES string of the molecule is CC(=O)N[C@@H]1C[C@@H]2CN(Cc3nccn3Cc3ccccc3)C[C@@H]2C[C@H]1OCC1CC1. The summed E-state index contributed by atoms with van der Waals surface area (Å²) in [5.41, 5.74) is 1.30. The summed E-state index contributed by atoms with van der Waals surface area (Å²) in [5.74, 6) is 3.20. The molecule has 166 valence electrons. The fraction of sp³-hybridized carbons (Fsp3) is 0.600. The Morgan fingerprint density at radius 2 is 1.90 bits per heavy atom. The molecular weight excluding hydrogens is 388 g/mol.